The Morgan fingerprint density at radius 1 is 1.07 bits per heavy atom. The highest BCUT2D eigenvalue weighted by Gasteiger charge is 2.54. The summed E-state index contributed by atoms with van der Waals surface area (Å²) in [6.07, 6.45) is 15.4. The maximum absolute atomic E-state index is 13.2. The number of carbonyl (C=O) groups is 2. The number of nitrogens with zero attached hydrogens (tertiary/aromatic N) is 2. The molecule has 1 N–H and O–H groups in total. The van der Waals surface area contributed by atoms with E-state index in [0.29, 0.717) is 24.3 Å². The Labute approximate surface area is 244 Å². The molecule has 0 aromatic heterocycles. The largest absolute Gasteiger partial charge is 0.497 e. The fraction of sp³-hybridized carbons (Fsp3) is 0.543. The van der Waals surface area contributed by atoms with E-state index in [1.54, 1.807) is 12.0 Å². The van der Waals surface area contributed by atoms with Crippen molar-refractivity contribution in [2.24, 2.45) is 17.8 Å². The average molecular weight is 555 g/mol. The fourth-order valence-corrected chi connectivity index (χ4v) is 9.07. The molecule has 4 aliphatic carbocycles. The Bertz CT molecular complexity index is 1310. The van der Waals surface area contributed by atoms with E-state index >= 15 is 0 Å². The third-order valence-electron chi connectivity index (χ3n) is 10.5. The molecular weight excluding hydrogens is 512 g/mol. The standard InChI is InChI=1S/C35H42N2O4/c1-4-6-7-29-17-28-18-30(41-3)12-13-31(28)33(37(29)32(38)5-2)27-10-8-23(9-11-27)22-36(34(39)40)35-19-24-14-25(20-35)16-26(15-24)21-35/h2,8-13,18,24-26,29,33H,4,6-7,14-17,19-22H2,1,3H3,(H,39,40)/t24?,25?,26?,29-,33-,35?/m0/s1. The summed E-state index contributed by atoms with van der Waals surface area (Å²) in [7, 11) is 1.67. The molecular formula is C35H42N2O4. The SMILES string of the molecule is C#CC(=O)N1[C@@H](CCCC)Cc2cc(OC)ccc2[C@@H]1c1ccc(CN(C(=O)O)C23CC4CC(CC(C4)C2)C3)cc1. The first-order valence-electron chi connectivity index (χ1n) is 15.4. The summed E-state index contributed by atoms with van der Waals surface area (Å²) in [5.41, 5.74) is 4.00. The smallest absolute Gasteiger partial charge is 0.408 e. The van der Waals surface area contributed by atoms with Crippen LogP contribution in [0.3, 0.4) is 0 Å². The van der Waals surface area contributed by atoms with Gasteiger partial charge in [0.1, 0.15) is 5.75 Å². The van der Waals surface area contributed by atoms with Gasteiger partial charge < -0.3 is 14.7 Å². The lowest BCUT2D eigenvalue weighted by molar-refractivity contribution is -0.130. The van der Waals surface area contributed by atoms with Crippen LogP contribution < -0.4 is 4.74 Å². The van der Waals surface area contributed by atoms with Crippen LogP contribution in [-0.4, -0.2) is 45.6 Å². The summed E-state index contributed by atoms with van der Waals surface area (Å²) in [6.45, 7) is 2.56. The first-order valence-corrected chi connectivity index (χ1v) is 15.4. The highest BCUT2D eigenvalue weighted by atomic mass is 16.5. The molecule has 0 saturated heterocycles. The van der Waals surface area contributed by atoms with Crippen LogP contribution in [0.4, 0.5) is 4.79 Å². The van der Waals surface area contributed by atoms with E-state index in [0.717, 1.165) is 67.4 Å². The minimum Gasteiger partial charge on any atom is -0.497 e. The number of rotatable bonds is 8. The molecule has 2 atom stereocenters. The number of hydrogen-bond donors (Lipinski definition) is 1. The summed E-state index contributed by atoms with van der Waals surface area (Å²) in [6, 6.07) is 14.0. The van der Waals surface area contributed by atoms with Gasteiger partial charge >= 0.3 is 6.09 Å². The van der Waals surface area contributed by atoms with Gasteiger partial charge in [0.2, 0.25) is 0 Å². The molecule has 216 valence electrons. The molecule has 2 amide bonds. The number of terminal acetylenes is 1. The van der Waals surface area contributed by atoms with Crippen LogP contribution in [0.2, 0.25) is 0 Å². The number of fused-ring (bicyclic) bond motifs is 1. The van der Waals surface area contributed by atoms with Crippen molar-refractivity contribution in [3.63, 3.8) is 0 Å². The van der Waals surface area contributed by atoms with E-state index in [1.165, 1.54) is 24.8 Å². The summed E-state index contributed by atoms with van der Waals surface area (Å²) in [5.74, 6) is 4.94. The van der Waals surface area contributed by atoms with Gasteiger partial charge in [-0.05, 0) is 109 Å². The lowest BCUT2D eigenvalue weighted by Crippen LogP contribution is -2.61. The van der Waals surface area contributed by atoms with Gasteiger partial charge in [-0.15, -0.1) is 6.42 Å². The van der Waals surface area contributed by atoms with Crippen molar-refractivity contribution < 1.29 is 19.4 Å². The molecule has 0 unspecified atom stereocenters. The average Bonchev–Trinajstić information content (AvgIpc) is 2.96. The lowest BCUT2D eigenvalue weighted by Gasteiger charge is -2.59. The summed E-state index contributed by atoms with van der Waals surface area (Å²) >= 11 is 0. The van der Waals surface area contributed by atoms with Crippen molar-refractivity contribution in [3.05, 3.63) is 64.7 Å². The highest BCUT2D eigenvalue weighted by molar-refractivity contribution is 5.94. The van der Waals surface area contributed by atoms with Gasteiger partial charge in [-0.25, -0.2) is 4.79 Å². The topological polar surface area (TPSA) is 70.1 Å². The Morgan fingerprint density at radius 2 is 1.73 bits per heavy atom. The van der Waals surface area contributed by atoms with Crippen LogP contribution in [-0.2, 0) is 17.8 Å². The van der Waals surface area contributed by atoms with E-state index in [9.17, 15) is 14.7 Å². The summed E-state index contributed by atoms with van der Waals surface area (Å²) in [4.78, 5) is 29.6. The number of ether oxygens (including phenoxy) is 1. The maximum Gasteiger partial charge on any atom is 0.408 e. The minimum absolute atomic E-state index is 0.00127. The summed E-state index contributed by atoms with van der Waals surface area (Å²) in [5, 5.41) is 10.4. The Hall–Kier alpha value is -3.46. The normalized spacial score (nSPS) is 29.5. The zero-order chi connectivity index (χ0) is 28.7. The number of carboxylic acid groups (broad SMARTS) is 1. The number of benzene rings is 2. The molecule has 6 heteroatoms. The van der Waals surface area contributed by atoms with Crippen molar-refractivity contribution in [1.29, 1.82) is 0 Å². The molecule has 1 heterocycles. The van der Waals surface area contributed by atoms with Gasteiger partial charge in [0, 0.05) is 18.1 Å². The van der Waals surface area contributed by atoms with Gasteiger partial charge in [0.05, 0.1) is 13.2 Å². The number of amides is 2. The third kappa shape index (κ3) is 5.09. The molecule has 6 nitrogen and oxygen atoms in total. The molecule has 5 aliphatic rings. The number of methoxy groups -OCH3 is 1. The zero-order valence-electron chi connectivity index (χ0n) is 24.4. The van der Waals surface area contributed by atoms with Crippen LogP contribution in [0.15, 0.2) is 42.5 Å². The number of hydrogen-bond acceptors (Lipinski definition) is 3. The molecule has 2 aromatic carbocycles. The maximum atomic E-state index is 13.2. The first kappa shape index (κ1) is 27.7. The number of unbranched alkanes of at least 4 members (excludes halogenated alkanes) is 1. The second kappa shape index (κ2) is 11.1. The van der Waals surface area contributed by atoms with E-state index < -0.39 is 6.09 Å². The Morgan fingerprint density at radius 3 is 2.29 bits per heavy atom. The molecule has 0 radical (unpaired) electrons. The van der Waals surface area contributed by atoms with Gasteiger partial charge in [0.15, 0.2) is 0 Å². The van der Waals surface area contributed by atoms with E-state index in [1.807, 2.05) is 23.1 Å². The molecule has 1 aliphatic heterocycles. The molecule has 41 heavy (non-hydrogen) atoms. The molecule has 0 spiro atoms. The monoisotopic (exact) mass is 554 g/mol. The van der Waals surface area contributed by atoms with Gasteiger partial charge in [0.25, 0.3) is 5.91 Å². The third-order valence-corrected chi connectivity index (χ3v) is 10.5. The van der Waals surface area contributed by atoms with E-state index in [2.05, 4.69) is 37.1 Å². The van der Waals surface area contributed by atoms with Crippen molar-refractivity contribution in [3.8, 4) is 18.1 Å². The second-order valence-electron chi connectivity index (χ2n) is 13.1. The van der Waals surface area contributed by atoms with Gasteiger partial charge in [-0.3, -0.25) is 9.69 Å². The summed E-state index contributed by atoms with van der Waals surface area (Å²) < 4.78 is 5.53. The van der Waals surface area contributed by atoms with Gasteiger partial charge in [-0.2, -0.15) is 0 Å². The minimum atomic E-state index is -0.810. The van der Waals surface area contributed by atoms with Crippen LogP contribution in [0.1, 0.15) is 93.0 Å². The van der Waals surface area contributed by atoms with Crippen LogP contribution in [0, 0.1) is 30.1 Å². The number of carbonyl (C=O) groups excluding carboxylic acids is 1. The fourth-order valence-electron chi connectivity index (χ4n) is 9.07. The lowest BCUT2D eigenvalue weighted by atomic mass is 9.52. The van der Waals surface area contributed by atoms with Crippen molar-refractivity contribution in [2.75, 3.05) is 7.11 Å². The first-order chi connectivity index (χ1) is 19.8. The van der Waals surface area contributed by atoms with Gasteiger partial charge in [-0.1, -0.05) is 50.1 Å². The molecule has 4 bridgehead atoms. The van der Waals surface area contributed by atoms with Crippen LogP contribution in [0.5, 0.6) is 5.75 Å². The Balaban J connectivity index is 1.31. The Kier molecular flexibility index (Phi) is 7.49. The predicted octanol–water partition coefficient (Wildman–Crippen LogP) is 6.81. The quantitative estimate of drug-likeness (QED) is 0.364. The highest BCUT2D eigenvalue weighted by Crippen LogP contribution is 2.58. The second-order valence-corrected chi connectivity index (χ2v) is 13.1. The van der Waals surface area contributed by atoms with Crippen molar-refractivity contribution >= 4 is 12.0 Å². The predicted molar refractivity (Wildman–Crippen MR) is 158 cm³/mol. The molecule has 2 aromatic rings. The molecule has 4 fully saturated rings. The van der Waals surface area contributed by atoms with Crippen LogP contribution >= 0.6 is 0 Å². The zero-order valence-corrected chi connectivity index (χ0v) is 24.4. The van der Waals surface area contributed by atoms with Crippen molar-refractivity contribution in [1.82, 2.24) is 9.80 Å². The van der Waals surface area contributed by atoms with Crippen LogP contribution in [0.25, 0.3) is 0 Å². The molecule has 4 saturated carbocycles. The van der Waals surface area contributed by atoms with E-state index in [-0.39, 0.29) is 23.5 Å². The van der Waals surface area contributed by atoms with E-state index in [4.69, 9.17) is 11.2 Å². The van der Waals surface area contributed by atoms with Crippen molar-refractivity contribution in [2.45, 2.75) is 95.3 Å². The molecule has 7 rings (SSSR count).